The Balaban J connectivity index is 2.28. The van der Waals surface area contributed by atoms with Crippen molar-refractivity contribution in [1.29, 1.82) is 0 Å². The number of carbonyl (C=O) groups is 1. The van der Waals surface area contributed by atoms with Crippen LogP contribution >= 0.6 is 11.6 Å². The van der Waals surface area contributed by atoms with Gasteiger partial charge in [0.15, 0.2) is 0 Å². The molecule has 0 heterocycles. The van der Waals surface area contributed by atoms with Crippen LogP contribution in [0.5, 0.6) is 5.75 Å². The number of rotatable bonds is 9. The Morgan fingerprint density at radius 1 is 1.45 bits per heavy atom. The summed E-state index contributed by atoms with van der Waals surface area (Å²) < 4.78 is 10.6. The van der Waals surface area contributed by atoms with Gasteiger partial charge in [0.1, 0.15) is 5.75 Å². The van der Waals surface area contributed by atoms with Crippen LogP contribution in [0.1, 0.15) is 18.4 Å². The predicted molar refractivity (Wildman–Crippen MR) is 80.4 cm³/mol. The van der Waals surface area contributed by atoms with Gasteiger partial charge in [0.25, 0.3) is 0 Å². The van der Waals surface area contributed by atoms with E-state index in [-0.39, 0.29) is 11.9 Å². The fourth-order valence-corrected chi connectivity index (χ4v) is 2.06. The van der Waals surface area contributed by atoms with Gasteiger partial charge in [-0.3, -0.25) is 4.79 Å². The molecule has 4 nitrogen and oxygen atoms in total. The fourth-order valence-electron chi connectivity index (χ4n) is 1.80. The van der Waals surface area contributed by atoms with Crippen molar-refractivity contribution in [1.82, 2.24) is 5.32 Å². The molecule has 0 aliphatic carbocycles. The number of methoxy groups -OCH3 is 1. The molecule has 1 amide bonds. The molecule has 0 fully saturated rings. The Bertz CT molecular complexity index is 406. The van der Waals surface area contributed by atoms with E-state index in [1.165, 1.54) is 0 Å². The van der Waals surface area contributed by atoms with E-state index in [1.807, 2.05) is 31.2 Å². The van der Waals surface area contributed by atoms with E-state index in [4.69, 9.17) is 21.1 Å². The maximum absolute atomic E-state index is 11.8. The highest BCUT2D eigenvalue weighted by molar-refractivity contribution is 6.17. The second-order valence-electron chi connectivity index (χ2n) is 4.61. The van der Waals surface area contributed by atoms with E-state index in [2.05, 4.69) is 5.32 Å². The largest absolute Gasteiger partial charge is 0.493 e. The summed E-state index contributed by atoms with van der Waals surface area (Å²) in [5.74, 6) is 1.23. The second kappa shape index (κ2) is 9.61. The molecule has 0 saturated heterocycles. The third-order valence-electron chi connectivity index (χ3n) is 2.78. The molecule has 0 spiro atoms. The molecular formula is C15H22ClNO3. The van der Waals surface area contributed by atoms with Crippen LogP contribution in [0.15, 0.2) is 24.3 Å². The first-order valence-corrected chi connectivity index (χ1v) is 7.23. The zero-order valence-corrected chi connectivity index (χ0v) is 12.8. The van der Waals surface area contributed by atoms with Crippen molar-refractivity contribution in [2.24, 2.45) is 0 Å². The smallest absolute Gasteiger partial charge is 0.223 e. The molecule has 1 aromatic carbocycles. The standard InChI is InChI=1S/C15H22ClNO3/c1-12-4-3-5-14(10-12)20-9-7-15(18)17-13(6-8-16)11-19-2/h3-5,10,13H,6-9,11H2,1-2H3,(H,17,18). The average Bonchev–Trinajstić information content (AvgIpc) is 2.39. The topological polar surface area (TPSA) is 47.6 Å². The Morgan fingerprint density at radius 3 is 2.90 bits per heavy atom. The number of benzene rings is 1. The molecule has 0 aliphatic rings. The summed E-state index contributed by atoms with van der Waals surface area (Å²) in [6.45, 7) is 2.83. The summed E-state index contributed by atoms with van der Waals surface area (Å²) in [6.07, 6.45) is 1.01. The van der Waals surface area contributed by atoms with Crippen LogP contribution in [-0.4, -0.2) is 38.2 Å². The van der Waals surface area contributed by atoms with E-state index in [9.17, 15) is 4.79 Å². The summed E-state index contributed by atoms with van der Waals surface area (Å²) >= 11 is 5.68. The zero-order valence-electron chi connectivity index (χ0n) is 12.0. The van der Waals surface area contributed by atoms with Gasteiger partial charge in [0, 0.05) is 13.0 Å². The van der Waals surface area contributed by atoms with Crippen molar-refractivity contribution in [2.75, 3.05) is 26.2 Å². The zero-order chi connectivity index (χ0) is 14.8. The van der Waals surface area contributed by atoms with E-state index in [0.717, 1.165) is 11.3 Å². The van der Waals surface area contributed by atoms with Crippen molar-refractivity contribution in [3.8, 4) is 5.75 Å². The maximum atomic E-state index is 11.8. The molecule has 20 heavy (non-hydrogen) atoms. The lowest BCUT2D eigenvalue weighted by molar-refractivity contribution is -0.122. The minimum absolute atomic E-state index is 0.0380. The first-order chi connectivity index (χ1) is 9.65. The third kappa shape index (κ3) is 6.78. The van der Waals surface area contributed by atoms with Gasteiger partial charge in [0.05, 0.1) is 25.7 Å². The molecule has 1 atom stereocenters. The van der Waals surface area contributed by atoms with Gasteiger partial charge in [-0.05, 0) is 31.0 Å². The van der Waals surface area contributed by atoms with Gasteiger partial charge in [-0.2, -0.15) is 0 Å². The van der Waals surface area contributed by atoms with Crippen LogP contribution in [0, 0.1) is 6.92 Å². The number of alkyl halides is 1. The van der Waals surface area contributed by atoms with E-state index >= 15 is 0 Å². The second-order valence-corrected chi connectivity index (χ2v) is 4.99. The summed E-state index contributed by atoms with van der Waals surface area (Å²) in [5.41, 5.74) is 1.13. The highest BCUT2D eigenvalue weighted by Crippen LogP contribution is 2.12. The Kier molecular flexibility index (Phi) is 8.07. The summed E-state index contributed by atoms with van der Waals surface area (Å²) in [4.78, 5) is 11.8. The van der Waals surface area contributed by atoms with Gasteiger partial charge >= 0.3 is 0 Å². The lowest BCUT2D eigenvalue weighted by Crippen LogP contribution is -2.38. The summed E-state index contributed by atoms with van der Waals surface area (Å²) in [7, 11) is 1.61. The van der Waals surface area contributed by atoms with Crippen molar-refractivity contribution in [3.63, 3.8) is 0 Å². The monoisotopic (exact) mass is 299 g/mol. The molecular weight excluding hydrogens is 278 g/mol. The number of hydrogen-bond donors (Lipinski definition) is 1. The van der Waals surface area contributed by atoms with Gasteiger partial charge < -0.3 is 14.8 Å². The molecule has 0 aliphatic heterocycles. The Hall–Kier alpha value is -1.26. The summed E-state index contributed by atoms with van der Waals surface area (Å²) in [5, 5.41) is 2.89. The van der Waals surface area contributed by atoms with E-state index in [1.54, 1.807) is 7.11 Å². The van der Waals surface area contributed by atoms with Crippen molar-refractivity contribution >= 4 is 17.5 Å². The lowest BCUT2D eigenvalue weighted by Gasteiger charge is -2.16. The van der Waals surface area contributed by atoms with Crippen molar-refractivity contribution in [3.05, 3.63) is 29.8 Å². The van der Waals surface area contributed by atoms with Crippen LogP contribution in [-0.2, 0) is 9.53 Å². The first kappa shape index (κ1) is 16.8. The molecule has 1 aromatic rings. The molecule has 0 aromatic heterocycles. The van der Waals surface area contributed by atoms with Gasteiger partial charge in [-0.25, -0.2) is 0 Å². The minimum Gasteiger partial charge on any atom is -0.493 e. The van der Waals surface area contributed by atoms with Crippen LogP contribution in [0.2, 0.25) is 0 Å². The highest BCUT2D eigenvalue weighted by atomic mass is 35.5. The van der Waals surface area contributed by atoms with E-state index in [0.29, 0.717) is 31.9 Å². The van der Waals surface area contributed by atoms with E-state index < -0.39 is 0 Å². The molecule has 1 unspecified atom stereocenters. The number of halogens is 1. The third-order valence-corrected chi connectivity index (χ3v) is 3.00. The number of hydrogen-bond acceptors (Lipinski definition) is 3. The molecule has 0 saturated carbocycles. The van der Waals surface area contributed by atoms with Gasteiger partial charge in [-0.1, -0.05) is 12.1 Å². The molecule has 112 valence electrons. The average molecular weight is 300 g/mol. The number of aryl methyl sites for hydroxylation is 1. The summed E-state index contributed by atoms with van der Waals surface area (Å²) in [6, 6.07) is 7.72. The number of ether oxygens (including phenoxy) is 2. The fraction of sp³-hybridized carbons (Fsp3) is 0.533. The van der Waals surface area contributed by atoms with Crippen molar-refractivity contribution in [2.45, 2.75) is 25.8 Å². The lowest BCUT2D eigenvalue weighted by atomic mass is 10.2. The van der Waals surface area contributed by atoms with Gasteiger partial charge in [-0.15, -0.1) is 11.6 Å². The van der Waals surface area contributed by atoms with Crippen LogP contribution in [0.3, 0.4) is 0 Å². The van der Waals surface area contributed by atoms with Crippen LogP contribution in [0.25, 0.3) is 0 Å². The molecule has 5 heteroatoms. The first-order valence-electron chi connectivity index (χ1n) is 6.69. The maximum Gasteiger partial charge on any atom is 0.223 e. The number of carbonyl (C=O) groups excluding carboxylic acids is 1. The molecule has 1 rings (SSSR count). The SMILES string of the molecule is COCC(CCCl)NC(=O)CCOc1cccc(C)c1. The van der Waals surface area contributed by atoms with Gasteiger partial charge in [0.2, 0.25) is 5.91 Å². The molecule has 0 bridgehead atoms. The molecule has 1 N–H and O–H groups in total. The quantitative estimate of drug-likeness (QED) is 0.713. The van der Waals surface area contributed by atoms with Crippen LogP contribution in [0.4, 0.5) is 0 Å². The number of nitrogens with one attached hydrogen (secondary N) is 1. The predicted octanol–water partition coefficient (Wildman–Crippen LogP) is 2.52. The Labute approximate surface area is 125 Å². The molecule has 0 radical (unpaired) electrons. The Morgan fingerprint density at radius 2 is 2.25 bits per heavy atom. The van der Waals surface area contributed by atoms with Crippen LogP contribution < -0.4 is 10.1 Å². The highest BCUT2D eigenvalue weighted by Gasteiger charge is 2.11. The normalized spacial score (nSPS) is 11.9. The van der Waals surface area contributed by atoms with Crippen molar-refractivity contribution < 1.29 is 14.3 Å². The number of amides is 1. The minimum atomic E-state index is -0.0511.